The molecule has 0 atom stereocenters. The molecular weight excluding hydrogens is 557 g/mol. The fraction of sp³-hybridized carbons (Fsp3) is 0.237. The largest absolute Gasteiger partial charge is 0.457 e. The first kappa shape index (κ1) is 24.8. The zero-order chi connectivity index (χ0) is 33.3. The lowest BCUT2D eigenvalue weighted by Gasteiger charge is -2.25. The van der Waals surface area contributed by atoms with E-state index >= 15 is 0 Å². The standard InChI is InChI=1S/C38H40N4OSi/c1-38(2,3)26-18-19-39-37(20-26)42-33-13-9-8-12-31(33)32-17-16-28(24-36(32)42)43-29-21-27(22-30(23-29)44(5,6)7)41-25-40(4)34-14-10-11-15-35(34)41/h8-24H,25H2,1-7H3/i4D3. The molecular formula is C38H40N4OSi. The number of aromatic nitrogens is 2. The first-order chi connectivity index (χ1) is 22.2. The van der Waals surface area contributed by atoms with E-state index in [1.165, 1.54) is 15.7 Å². The van der Waals surface area contributed by atoms with Crippen LogP contribution in [0.5, 0.6) is 11.5 Å². The van der Waals surface area contributed by atoms with E-state index < -0.39 is 15.0 Å². The van der Waals surface area contributed by atoms with Crippen LogP contribution in [0.25, 0.3) is 27.6 Å². The molecule has 0 bridgehead atoms. The first-order valence-electron chi connectivity index (χ1n) is 16.7. The van der Waals surface area contributed by atoms with Crippen molar-refractivity contribution in [2.45, 2.75) is 45.8 Å². The van der Waals surface area contributed by atoms with E-state index in [-0.39, 0.29) is 12.1 Å². The number of fused-ring (bicyclic) bond motifs is 4. The van der Waals surface area contributed by atoms with Gasteiger partial charge in [0.05, 0.1) is 37.2 Å². The number of anilines is 3. The van der Waals surface area contributed by atoms with Crippen molar-refractivity contribution >= 4 is 52.1 Å². The molecule has 5 nitrogen and oxygen atoms in total. The van der Waals surface area contributed by atoms with E-state index in [9.17, 15) is 0 Å². The molecule has 0 saturated carbocycles. The van der Waals surface area contributed by atoms with Crippen LogP contribution in [-0.4, -0.2) is 31.3 Å². The maximum atomic E-state index is 8.18. The second kappa shape index (κ2) is 10.3. The van der Waals surface area contributed by atoms with Gasteiger partial charge in [-0.15, -0.1) is 0 Å². The van der Waals surface area contributed by atoms with E-state index in [0.717, 1.165) is 50.5 Å². The van der Waals surface area contributed by atoms with Crippen LogP contribution in [0.15, 0.2) is 103 Å². The molecule has 2 aromatic heterocycles. The molecule has 4 aromatic carbocycles. The molecule has 1 aliphatic heterocycles. The molecule has 0 radical (unpaired) electrons. The fourth-order valence-corrected chi connectivity index (χ4v) is 7.23. The molecule has 0 amide bonds. The molecule has 6 aromatic rings. The summed E-state index contributed by atoms with van der Waals surface area (Å²) >= 11 is 0. The highest BCUT2D eigenvalue weighted by Gasteiger charge is 2.27. The van der Waals surface area contributed by atoms with Crippen LogP contribution >= 0.6 is 0 Å². The van der Waals surface area contributed by atoms with Crippen LogP contribution in [0.3, 0.4) is 0 Å². The topological polar surface area (TPSA) is 33.5 Å². The van der Waals surface area contributed by atoms with Gasteiger partial charge in [-0.05, 0) is 65.6 Å². The van der Waals surface area contributed by atoms with Gasteiger partial charge >= 0.3 is 0 Å². The van der Waals surface area contributed by atoms with Crippen molar-refractivity contribution in [3.8, 4) is 17.3 Å². The van der Waals surface area contributed by atoms with Crippen molar-refractivity contribution in [2.24, 2.45) is 0 Å². The summed E-state index contributed by atoms with van der Waals surface area (Å²) in [5.74, 6) is 2.31. The summed E-state index contributed by atoms with van der Waals surface area (Å²) in [6, 6.07) is 33.0. The minimum atomic E-state index is -2.25. The van der Waals surface area contributed by atoms with Crippen LogP contribution in [0.4, 0.5) is 17.1 Å². The van der Waals surface area contributed by atoms with Gasteiger partial charge in [-0.1, -0.05) is 75.9 Å². The Morgan fingerprint density at radius 3 is 2.30 bits per heavy atom. The third kappa shape index (κ3) is 4.93. The average Bonchev–Trinajstić information content (AvgIpc) is 3.57. The smallest absolute Gasteiger partial charge is 0.137 e. The number of para-hydroxylation sites is 3. The molecule has 3 heterocycles. The van der Waals surface area contributed by atoms with Gasteiger partial charge in [0.2, 0.25) is 0 Å². The maximum Gasteiger partial charge on any atom is 0.137 e. The lowest BCUT2D eigenvalue weighted by molar-refractivity contribution is 0.484. The van der Waals surface area contributed by atoms with E-state index in [0.29, 0.717) is 5.69 Å². The Balaban J connectivity index is 1.34. The Kier molecular flexibility index (Phi) is 5.80. The minimum absolute atomic E-state index is 0.0137. The normalized spacial score (nSPS) is 14.9. The van der Waals surface area contributed by atoms with Gasteiger partial charge in [-0.3, -0.25) is 4.57 Å². The lowest BCUT2D eigenvalue weighted by Crippen LogP contribution is -2.38. The van der Waals surface area contributed by atoms with Gasteiger partial charge in [-0.2, -0.15) is 0 Å². The van der Waals surface area contributed by atoms with Crippen LogP contribution in [0, 0.1) is 0 Å². The molecule has 44 heavy (non-hydrogen) atoms. The Morgan fingerprint density at radius 1 is 0.773 bits per heavy atom. The monoisotopic (exact) mass is 599 g/mol. The number of nitrogens with zero attached hydrogens (tertiary/aromatic N) is 4. The molecule has 0 N–H and O–H groups in total. The van der Waals surface area contributed by atoms with Crippen LogP contribution in [0.2, 0.25) is 19.6 Å². The Bertz CT molecular complexity index is 2140. The van der Waals surface area contributed by atoms with Crippen LogP contribution in [0.1, 0.15) is 30.4 Å². The summed E-state index contributed by atoms with van der Waals surface area (Å²) in [7, 11) is -1.79. The number of hydrogen-bond acceptors (Lipinski definition) is 4. The molecule has 1 aliphatic rings. The third-order valence-electron chi connectivity index (χ3n) is 8.54. The number of benzene rings is 4. The second-order valence-corrected chi connectivity index (χ2v) is 18.8. The van der Waals surface area contributed by atoms with Crippen LogP contribution < -0.4 is 19.7 Å². The molecule has 0 unspecified atom stereocenters. The van der Waals surface area contributed by atoms with Crippen molar-refractivity contribution in [1.82, 2.24) is 9.55 Å². The van der Waals surface area contributed by atoms with E-state index in [1.54, 1.807) is 0 Å². The van der Waals surface area contributed by atoms with Crippen molar-refractivity contribution in [3.05, 3.63) is 109 Å². The summed E-state index contributed by atoms with van der Waals surface area (Å²) in [6.45, 7) is 11.6. The predicted molar refractivity (Wildman–Crippen MR) is 189 cm³/mol. The van der Waals surface area contributed by atoms with Gasteiger partial charge in [0.1, 0.15) is 17.3 Å². The number of hydrogen-bond donors (Lipinski definition) is 0. The third-order valence-corrected chi connectivity index (χ3v) is 10.6. The Hall–Kier alpha value is -4.55. The summed E-state index contributed by atoms with van der Waals surface area (Å²) in [4.78, 5) is 8.38. The highest BCUT2D eigenvalue weighted by Crippen LogP contribution is 2.41. The van der Waals surface area contributed by atoms with Crippen molar-refractivity contribution < 1.29 is 8.85 Å². The molecule has 0 aliphatic carbocycles. The molecule has 6 heteroatoms. The van der Waals surface area contributed by atoms with Crippen molar-refractivity contribution in [2.75, 3.05) is 23.4 Å². The molecule has 222 valence electrons. The van der Waals surface area contributed by atoms with Crippen molar-refractivity contribution in [3.63, 3.8) is 0 Å². The van der Waals surface area contributed by atoms with Gasteiger partial charge in [0.15, 0.2) is 0 Å². The molecule has 7 rings (SSSR count). The first-order valence-corrected chi connectivity index (χ1v) is 18.7. The zero-order valence-corrected chi connectivity index (χ0v) is 27.2. The van der Waals surface area contributed by atoms with Crippen molar-refractivity contribution in [1.29, 1.82) is 0 Å². The molecule has 0 saturated heterocycles. The van der Waals surface area contributed by atoms with Gasteiger partial charge < -0.3 is 14.5 Å². The molecule has 0 fully saturated rings. The Labute approximate surface area is 265 Å². The van der Waals surface area contributed by atoms with Gasteiger partial charge in [-0.25, -0.2) is 4.98 Å². The minimum Gasteiger partial charge on any atom is -0.457 e. The zero-order valence-electron chi connectivity index (χ0n) is 29.2. The summed E-state index contributed by atoms with van der Waals surface area (Å²) < 4.78 is 33.5. The average molecular weight is 600 g/mol. The number of pyridine rings is 1. The fourth-order valence-electron chi connectivity index (χ4n) is 6.07. The van der Waals surface area contributed by atoms with E-state index in [1.807, 2.05) is 42.6 Å². The van der Waals surface area contributed by atoms with Gasteiger partial charge in [0.25, 0.3) is 0 Å². The molecule has 0 spiro atoms. The highest BCUT2D eigenvalue weighted by atomic mass is 28.3. The number of ether oxygens (including phenoxy) is 1. The van der Waals surface area contributed by atoms with E-state index in [4.69, 9.17) is 13.8 Å². The maximum absolute atomic E-state index is 8.18. The summed E-state index contributed by atoms with van der Waals surface area (Å²) in [5, 5.41) is 3.52. The lowest BCUT2D eigenvalue weighted by atomic mass is 9.88. The van der Waals surface area contributed by atoms with Gasteiger partial charge in [0, 0.05) is 45.9 Å². The summed E-state index contributed by atoms with van der Waals surface area (Å²) in [6.07, 6.45) is 1.89. The highest BCUT2D eigenvalue weighted by molar-refractivity contribution is 6.88. The predicted octanol–water partition coefficient (Wildman–Crippen LogP) is 9.36. The second-order valence-electron chi connectivity index (χ2n) is 13.7. The van der Waals surface area contributed by atoms with Crippen LogP contribution in [-0.2, 0) is 5.41 Å². The summed E-state index contributed by atoms with van der Waals surface area (Å²) in [5.41, 5.74) is 5.81. The number of rotatable bonds is 5. The van der Waals surface area contributed by atoms with E-state index in [2.05, 4.69) is 111 Å². The SMILES string of the molecule is [2H]C([2H])([2H])N1CN(c2cc(Oc3ccc4c5ccccc5n(-c5cc(C(C)(C)C)ccn5)c4c3)cc([Si](C)(C)C)c2)c2ccccc21. The Morgan fingerprint density at radius 2 is 1.52 bits per heavy atom. The quantitative estimate of drug-likeness (QED) is 0.185.